The first-order valence-corrected chi connectivity index (χ1v) is 6.31. The van der Waals surface area contributed by atoms with Gasteiger partial charge in [-0.15, -0.1) is 0 Å². The van der Waals surface area contributed by atoms with Crippen LogP contribution in [0.25, 0.3) is 0 Å². The molecule has 0 spiro atoms. The second-order valence-corrected chi connectivity index (χ2v) is 4.45. The Morgan fingerprint density at radius 3 is 2.53 bits per heavy atom. The Bertz CT molecular complexity index is 564. The van der Waals surface area contributed by atoms with Crippen LogP contribution in [0.2, 0.25) is 0 Å². The summed E-state index contributed by atoms with van der Waals surface area (Å²) in [5.74, 6) is -0.0669. The molecular weight excluding hydrogens is 236 g/mol. The van der Waals surface area contributed by atoms with Gasteiger partial charge in [0.15, 0.2) is 0 Å². The lowest BCUT2D eigenvalue weighted by Crippen LogP contribution is -2.18. The van der Waals surface area contributed by atoms with Crippen LogP contribution in [-0.4, -0.2) is 13.0 Å². The van der Waals surface area contributed by atoms with Gasteiger partial charge in [0.2, 0.25) is 0 Å². The zero-order valence-electron chi connectivity index (χ0n) is 11.2. The molecule has 3 heteroatoms. The number of aryl methyl sites for hydroxylation is 1. The number of nitrogens with one attached hydrogen (secondary N) is 2. The minimum atomic E-state index is -0.0669. The van der Waals surface area contributed by atoms with E-state index in [2.05, 4.69) is 22.8 Å². The largest absolute Gasteiger partial charge is 0.381 e. The van der Waals surface area contributed by atoms with E-state index < -0.39 is 0 Å². The summed E-state index contributed by atoms with van der Waals surface area (Å²) in [6, 6.07) is 15.9. The fraction of sp³-hybridized carbons (Fsp3) is 0.188. The second-order valence-electron chi connectivity index (χ2n) is 4.45. The van der Waals surface area contributed by atoms with E-state index in [-0.39, 0.29) is 5.91 Å². The average molecular weight is 254 g/mol. The maximum absolute atomic E-state index is 11.6. The van der Waals surface area contributed by atoms with E-state index in [1.54, 1.807) is 7.05 Å². The van der Waals surface area contributed by atoms with Crippen molar-refractivity contribution in [3.63, 3.8) is 0 Å². The molecule has 2 aromatic rings. The zero-order chi connectivity index (χ0) is 13.7. The average Bonchev–Trinajstić information content (AvgIpc) is 2.46. The van der Waals surface area contributed by atoms with E-state index in [1.807, 2.05) is 43.3 Å². The molecule has 0 heterocycles. The third-order valence-corrected chi connectivity index (χ3v) is 3.05. The van der Waals surface area contributed by atoms with Crippen LogP contribution in [0.4, 0.5) is 5.69 Å². The number of rotatable bonds is 4. The third-order valence-electron chi connectivity index (χ3n) is 3.05. The van der Waals surface area contributed by atoms with Gasteiger partial charge in [-0.3, -0.25) is 4.79 Å². The Labute approximate surface area is 113 Å². The maximum atomic E-state index is 11.6. The molecule has 2 rings (SSSR count). The highest BCUT2D eigenvalue weighted by molar-refractivity contribution is 5.95. The molecule has 1 amide bonds. The van der Waals surface area contributed by atoms with Crippen molar-refractivity contribution in [2.75, 3.05) is 12.4 Å². The van der Waals surface area contributed by atoms with Crippen molar-refractivity contribution in [2.45, 2.75) is 13.5 Å². The highest BCUT2D eigenvalue weighted by Crippen LogP contribution is 2.18. The van der Waals surface area contributed by atoms with Crippen molar-refractivity contribution in [3.8, 4) is 0 Å². The molecule has 98 valence electrons. The number of amides is 1. The number of hydrogen-bond donors (Lipinski definition) is 2. The predicted molar refractivity (Wildman–Crippen MR) is 78.3 cm³/mol. The summed E-state index contributed by atoms with van der Waals surface area (Å²) in [6.45, 7) is 2.78. The number of anilines is 1. The molecule has 19 heavy (non-hydrogen) atoms. The van der Waals surface area contributed by atoms with Crippen LogP contribution in [0.15, 0.2) is 48.5 Å². The monoisotopic (exact) mass is 254 g/mol. The first-order chi connectivity index (χ1) is 9.20. The molecule has 0 aromatic heterocycles. The van der Waals surface area contributed by atoms with Crippen molar-refractivity contribution in [1.82, 2.24) is 5.32 Å². The zero-order valence-corrected chi connectivity index (χ0v) is 11.2. The molecule has 0 atom stereocenters. The molecule has 0 saturated heterocycles. The van der Waals surface area contributed by atoms with E-state index >= 15 is 0 Å². The van der Waals surface area contributed by atoms with Crippen molar-refractivity contribution in [3.05, 3.63) is 65.2 Å². The summed E-state index contributed by atoms with van der Waals surface area (Å²) in [5.41, 5.74) is 4.00. The number of carbonyl (C=O) groups is 1. The van der Waals surface area contributed by atoms with Gasteiger partial charge >= 0.3 is 0 Å². The molecule has 2 aromatic carbocycles. The molecule has 0 fully saturated rings. The number of carbonyl (C=O) groups excluding carboxylic acids is 1. The first-order valence-electron chi connectivity index (χ1n) is 6.31. The lowest BCUT2D eigenvalue weighted by Gasteiger charge is -2.11. The van der Waals surface area contributed by atoms with Gasteiger partial charge in [-0.05, 0) is 30.2 Å². The lowest BCUT2D eigenvalue weighted by molar-refractivity contribution is 0.0963. The summed E-state index contributed by atoms with van der Waals surface area (Å²) < 4.78 is 0. The summed E-state index contributed by atoms with van der Waals surface area (Å²) in [4.78, 5) is 11.6. The topological polar surface area (TPSA) is 41.1 Å². The lowest BCUT2D eigenvalue weighted by atomic mass is 10.1. The highest BCUT2D eigenvalue weighted by atomic mass is 16.1. The van der Waals surface area contributed by atoms with Gasteiger partial charge in [0, 0.05) is 24.8 Å². The van der Waals surface area contributed by atoms with Gasteiger partial charge < -0.3 is 10.6 Å². The Hall–Kier alpha value is -2.29. The Kier molecular flexibility index (Phi) is 4.18. The van der Waals surface area contributed by atoms with Gasteiger partial charge in [0.05, 0.1) is 0 Å². The van der Waals surface area contributed by atoms with Crippen molar-refractivity contribution in [2.24, 2.45) is 0 Å². The molecule has 0 bridgehead atoms. The van der Waals surface area contributed by atoms with Gasteiger partial charge in [0.1, 0.15) is 0 Å². The van der Waals surface area contributed by atoms with Crippen molar-refractivity contribution >= 4 is 11.6 Å². The quantitative estimate of drug-likeness (QED) is 0.880. The summed E-state index contributed by atoms with van der Waals surface area (Å²) in [6.07, 6.45) is 0. The summed E-state index contributed by atoms with van der Waals surface area (Å²) >= 11 is 0. The van der Waals surface area contributed by atoms with Gasteiger partial charge in [0.25, 0.3) is 5.91 Å². The van der Waals surface area contributed by atoms with Crippen LogP contribution in [0.3, 0.4) is 0 Å². The van der Waals surface area contributed by atoms with Crippen LogP contribution in [0.5, 0.6) is 0 Å². The van der Waals surface area contributed by atoms with E-state index in [0.29, 0.717) is 5.56 Å². The van der Waals surface area contributed by atoms with Crippen molar-refractivity contribution in [1.29, 1.82) is 0 Å². The fourth-order valence-electron chi connectivity index (χ4n) is 1.89. The second kappa shape index (κ2) is 6.05. The minimum absolute atomic E-state index is 0.0669. The molecule has 2 N–H and O–H groups in total. The minimum Gasteiger partial charge on any atom is -0.381 e. The van der Waals surface area contributed by atoms with Crippen LogP contribution < -0.4 is 10.6 Å². The van der Waals surface area contributed by atoms with E-state index in [9.17, 15) is 4.79 Å². The predicted octanol–water partition coefficient (Wildman–Crippen LogP) is 2.97. The highest BCUT2D eigenvalue weighted by Gasteiger charge is 2.06. The molecular formula is C16H18N2O. The van der Waals surface area contributed by atoms with Crippen molar-refractivity contribution < 1.29 is 4.79 Å². The Morgan fingerprint density at radius 1 is 1.11 bits per heavy atom. The SMILES string of the molecule is CNC(=O)c1ccc(C)c(NCc2ccccc2)c1. The number of hydrogen-bond acceptors (Lipinski definition) is 2. The smallest absolute Gasteiger partial charge is 0.251 e. The molecule has 0 saturated carbocycles. The van der Waals surface area contributed by atoms with E-state index in [0.717, 1.165) is 17.8 Å². The van der Waals surface area contributed by atoms with E-state index in [4.69, 9.17) is 0 Å². The van der Waals surface area contributed by atoms with E-state index in [1.165, 1.54) is 5.56 Å². The maximum Gasteiger partial charge on any atom is 0.251 e. The third kappa shape index (κ3) is 3.35. The Morgan fingerprint density at radius 2 is 1.84 bits per heavy atom. The molecule has 0 aliphatic heterocycles. The van der Waals surface area contributed by atoms with Gasteiger partial charge in [-0.25, -0.2) is 0 Å². The normalized spacial score (nSPS) is 10.0. The summed E-state index contributed by atoms with van der Waals surface area (Å²) in [5, 5.41) is 6.00. The standard InChI is InChI=1S/C16H18N2O/c1-12-8-9-14(16(19)17-2)10-15(12)18-11-13-6-4-3-5-7-13/h3-10,18H,11H2,1-2H3,(H,17,19). The van der Waals surface area contributed by atoms with Crippen LogP contribution in [-0.2, 0) is 6.54 Å². The first kappa shape index (κ1) is 13.1. The van der Waals surface area contributed by atoms with Crippen LogP contribution in [0, 0.1) is 6.92 Å². The molecule has 0 aliphatic rings. The molecule has 3 nitrogen and oxygen atoms in total. The summed E-state index contributed by atoms with van der Waals surface area (Å²) in [7, 11) is 1.64. The molecule has 0 unspecified atom stereocenters. The molecule has 0 aliphatic carbocycles. The fourth-order valence-corrected chi connectivity index (χ4v) is 1.89. The molecule has 0 radical (unpaired) electrons. The van der Waals surface area contributed by atoms with Crippen LogP contribution in [0.1, 0.15) is 21.5 Å². The van der Waals surface area contributed by atoms with Crippen LogP contribution >= 0.6 is 0 Å². The Balaban J connectivity index is 2.13. The van der Waals surface area contributed by atoms with Gasteiger partial charge in [-0.2, -0.15) is 0 Å². The number of benzene rings is 2. The van der Waals surface area contributed by atoms with Gasteiger partial charge in [-0.1, -0.05) is 36.4 Å².